The van der Waals surface area contributed by atoms with Crippen LogP contribution in [0.3, 0.4) is 0 Å². The average Bonchev–Trinajstić information content (AvgIpc) is 3.23. The van der Waals surface area contributed by atoms with Gasteiger partial charge < -0.3 is 10.0 Å². The van der Waals surface area contributed by atoms with Crippen LogP contribution >= 0.6 is 0 Å². The summed E-state index contributed by atoms with van der Waals surface area (Å²) >= 11 is 0. The van der Waals surface area contributed by atoms with Crippen LogP contribution < -0.4 is 0 Å². The number of hydrogen-bond acceptors (Lipinski definition) is 3. The van der Waals surface area contributed by atoms with E-state index >= 15 is 0 Å². The van der Waals surface area contributed by atoms with Gasteiger partial charge in [0, 0.05) is 17.2 Å². The van der Waals surface area contributed by atoms with Crippen molar-refractivity contribution in [3.05, 3.63) is 34.9 Å². The summed E-state index contributed by atoms with van der Waals surface area (Å²) in [6.07, 6.45) is 1.66. The van der Waals surface area contributed by atoms with Crippen LogP contribution in [-0.4, -0.2) is 39.7 Å². The Balaban J connectivity index is 2.35. The molecule has 1 N–H and O–H groups in total. The number of Topliss-reactive ketones (excluding diaryl/α,β-unsaturated/α-hetero) is 1. The lowest BCUT2D eigenvalue weighted by atomic mass is 10.0. The summed E-state index contributed by atoms with van der Waals surface area (Å²) in [4.78, 5) is 36.8. The van der Waals surface area contributed by atoms with Crippen molar-refractivity contribution < 1.29 is 19.5 Å². The van der Waals surface area contributed by atoms with Gasteiger partial charge in [0.1, 0.15) is 6.04 Å². The maximum atomic E-state index is 12.6. The molecule has 1 aliphatic carbocycles. The number of nitrogens with zero attached hydrogens (tertiary/aromatic N) is 1. The van der Waals surface area contributed by atoms with Gasteiger partial charge in [-0.15, -0.1) is 0 Å². The number of ketones is 1. The van der Waals surface area contributed by atoms with Gasteiger partial charge in [-0.05, 0) is 51.3 Å². The van der Waals surface area contributed by atoms with E-state index < -0.39 is 12.0 Å². The number of benzene rings is 1. The van der Waals surface area contributed by atoms with Crippen LogP contribution in [0.5, 0.6) is 0 Å². The van der Waals surface area contributed by atoms with Gasteiger partial charge in [-0.2, -0.15) is 0 Å². The van der Waals surface area contributed by atoms with Crippen molar-refractivity contribution in [1.82, 2.24) is 4.90 Å². The van der Waals surface area contributed by atoms with Crippen LogP contribution in [0.4, 0.5) is 0 Å². The molecule has 1 saturated carbocycles. The fraction of sp³-hybridized carbons (Fsp3) is 0.438. The van der Waals surface area contributed by atoms with Crippen LogP contribution in [0, 0.1) is 6.92 Å². The zero-order chi connectivity index (χ0) is 15.7. The van der Waals surface area contributed by atoms with Gasteiger partial charge in [-0.1, -0.05) is 6.07 Å². The van der Waals surface area contributed by atoms with E-state index in [0.29, 0.717) is 11.1 Å². The molecule has 1 aromatic carbocycles. The highest BCUT2D eigenvalue weighted by atomic mass is 16.4. The fourth-order valence-electron chi connectivity index (χ4n) is 2.41. The molecule has 112 valence electrons. The van der Waals surface area contributed by atoms with Crippen LogP contribution in [0.15, 0.2) is 18.2 Å². The smallest absolute Gasteiger partial charge is 0.326 e. The summed E-state index contributed by atoms with van der Waals surface area (Å²) in [5, 5.41) is 9.16. The van der Waals surface area contributed by atoms with E-state index in [9.17, 15) is 14.4 Å². The Bertz CT molecular complexity index is 604. The van der Waals surface area contributed by atoms with E-state index in [1.165, 1.54) is 18.7 Å². The van der Waals surface area contributed by atoms with Gasteiger partial charge in [-0.3, -0.25) is 9.59 Å². The minimum atomic E-state index is -1.02. The van der Waals surface area contributed by atoms with Gasteiger partial charge in [0.2, 0.25) is 0 Å². The number of carboxylic acid groups (broad SMARTS) is 1. The third-order valence-electron chi connectivity index (χ3n) is 3.81. The summed E-state index contributed by atoms with van der Waals surface area (Å²) in [5.41, 5.74) is 1.67. The second-order valence-electron chi connectivity index (χ2n) is 5.54. The zero-order valence-corrected chi connectivity index (χ0v) is 12.4. The lowest BCUT2D eigenvalue weighted by Crippen LogP contribution is -2.44. The molecule has 5 nitrogen and oxygen atoms in total. The number of amides is 1. The third kappa shape index (κ3) is 3.12. The predicted octanol–water partition coefficient (Wildman–Crippen LogP) is 2.28. The van der Waals surface area contributed by atoms with Gasteiger partial charge in [0.15, 0.2) is 5.78 Å². The van der Waals surface area contributed by atoms with Gasteiger partial charge >= 0.3 is 5.97 Å². The van der Waals surface area contributed by atoms with E-state index in [1.54, 1.807) is 18.2 Å². The number of rotatable bonds is 5. The average molecular weight is 289 g/mol. The third-order valence-corrected chi connectivity index (χ3v) is 3.81. The largest absolute Gasteiger partial charge is 0.480 e. The minimum absolute atomic E-state index is 0.00863. The maximum absolute atomic E-state index is 12.6. The van der Waals surface area contributed by atoms with Crippen LogP contribution in [0.25, 0.3) is 0 Å². The van der Waals surface area contributed by atoms with Crippen molar-refractivity contribution in [2.75, 3.05) is 0 Å². The van der Waals surface area contributed by atoms with Crippen molar-refractivity contribution in [1.29, 1.82) is 0 Å². The first-order chi connectivity index (χ1) is 9.82. The number of carboxylic acids is 1. The van der Waals surface area contributed by atoms with Crippen molar-refractivity contribution in [3.8, 4) is 0 Å². The van der Waals surface area contributed by atoms with E-state index in [2.05, 4.69) is 0 Å². The van der Waals surface area contributed by atoms with Crippen LogP contribution in [0.2, 0.25) is 0 Å². The van der Waals surface area contributed by atoms with Crippen LogP contribution in [0.1, 0.15) is 53.0 Å². The molecular weight excluding hydrogens is 270 g/mol. The fourth-order valence-corrected chi connectivity index (χ4v) is 2.41. The first-order valence-electron chi connectivity index (χ1n) is 7.00. The quantitative estimate of drug-likeness (QED) is 0.844. The first kappa shape index (κ1) is 15.2. The first-order valence-corrected chi connectivity index (χ1v) is 7.00. The summed E-state index contributed by atoms with van der Waals surface area (Å²) in [6.45, 7) is 4.78. The van der Waals surface area contributed by atoms with Crippen molar-refractivity contribution in [2.24, 2.45) is 0 Å². The second-order valence-corrected chi connectivity index (χ2v) is 5.54. The molecule has 21 heavy (non-hydrogen) atoms. The lowest BCUT2D eigenvalue weighted by molar-refractivity contribution is -0.141. The van der Waals surface area contributed by atoms with Gasteiger partial charge in [0.25, 0.3) is 5.91 Å². The Kier molecular flexibility index (Phi) is 4.11. The lowest BCUT2D eigenvalue weighted by Gasteiger charge is -2.26. The summed E-state index contributed by atoms with van der Waals surface area (Å²) in [5.74, 6) is -1.45. The van der Waals surface area contributed by atoms with Crippen molar-refractivity contribution in [3.63, 3.8) is 0 Å². The highest BCUT2D eigenvalue weighted by Gasteiger charge is 2.38. The van der Waals surface area contributed by atoms with E-state index in [-0.39, 0.29) is 17.7 Å². The van der Waals surface area contributed by atoms with Crippen LogP contribution in [-0.2, 0) is 4.79 Å². The van der Waals surface area contributed by atoms with Crippen molar-refractivity contribution in [2.45, 2.75) is 45.7 Å². The standard InChI is InChI=1S/C16H19NO4/c1-9-4-5-12(8-14(9)11(3)18)15(19)17(13-6-7-13)10(2)16(20)21/h4-5,8,10,13H,6-7H2,1-3H3,(H,20,21). The SMILES string of the molecule is CC(=O)c1cc(C(=O)N(C2CC2)C(C)C(=O)O)ccc1C. The molecule has 5 heteroatoms. The number of carbonyl (C=O) groups excluding carboxylic acids is 2. The Morgan fingerprint density at radius 1 is 1.29 bits per heavy atom. The van der Waals surface area contributed by atoms with E-state index in [1.807, 2.05) is 6.92 Å². The van der Waals surface area contributed by atoms with Crippen molar-refractivity contribution >= 4 is 17.7 Å². The number of hydrogen-bond donors (Lipinski definition) is 1. The molecule has 0 radical (unpaired) electrons. The predicted molar refractivity (Wildman–Crippen MR) is 77.5 cm³/mol. The number of aliphatic carboxylic acids is 1. The Morgan fingerprint density at radius 3 is 2.38 bits per heavy atom. The van der Waals surface area contributed by atoms with E-state index in [4.69, 9.17) is 5.11 Å². The number of aryl methyl sites for hydroxylation is 1. The number of carbonyl (C=O) groups is 3. The zero-order valence-electron chi connectivity index (χ0n) is 12.4. The molecule has 1 amide bonds. The highest BCUT2D eigenvalue weighted by molar-refractivity contribution is 6.01. The second kappa shape index (κ2) is 5.68. The molecule has 0 aromatic heterocycles. The molecule has 0 aliphatic heterocycles. The molecule has 1 fully saturated rings. The molecule has 1 aliphatic rings. The monoisotopic (exact) mass is 289 g/mol. The normalized spacial score (nSPS) is 15.4. The van der Waals surface area contributed by atoms with Gasteiger partial charge in [-0.25, -0.2) is 4.79 Å². The highest BCUT2D eigenvalue weighted by Crippen LogP contribution is 2.30. The Labute approximate surface area is 123 Å². The topological polar surface area (TPSA) is 74.7 Å². The molecule has 0 spiro atoms. The summed E-state index contributed by atoms with van der Waals surface area (Å²) in [6, 6.07) is 4.05. The van der Waals surface area contributed by atoms with E-state index in [0.717, 1.165) is 18.4 Å². The molecule has 1 atom stereocenters. The Morgan fingerprint density at radius 2 is 1.90 bits per heavy atom. The molecule has 0 heterocycles. The molecule has 0 saturated heterocycles. The maximum Gasteiger partial charge on any atom is 0.326 e. The molecule has 0 bridgehead atoms. The Hall–Kier alpha value is -2.17. The summed E-state index contributed by atoms with van der Waals surface area (Å²) < 4.78 is 0. The molecule has 2 rings (SSSR count). The van der Waals surface area contributed by atoms with Gasteiger partial charge in [0.05, 0.1) is 0 Å². The molecular formula is C16H19NO4. The molecule has 1 unspecified atom stereocenters. The summed E-state index contributed by atoms with van der Waals surface area (Å²) in [7, 11) is 0. The minimum Gasteiger partial charge on any atom is -0.480 e. The molecule has 1 aromatic rings.